The quantitative estimate of drug-likeness (QED) is 0.313. The normalized spacial score (nSPS) is 11.2. The number of anilines is 3. The molecule has 3 heteroatoms. The van der Waals surface area contributed by atoms with E-state index in [0.29, 0.717) is 0 Å². The Morgan fingerprint density at radius 1 is 0.679 bits per heavy atom. The third kappa shape index (κ3) is 2.74. The largest absolute Gasteiger partial charge is 0.456 e. The van der Waals surface area contributed by atoms with E-state index in [0.717, 1.165) is 49.6 Å². The molecule has 5 aromatic rings. The number of aryl methyl sites for hydroxylation is 1. The van der Waals surface area contributed by atoms with Crippen molar-refractivity contribution in [1.82, 2.24) is 0 Å². The Morgan fingerprint density at radius 2 is 1.32 bits per heavy atom. The highest BCUT2D eigenvalue weighted by atomic mass is 35.5. The lowest BCUT2D eigenvalue weighted by molar-refractivity contribution is 0.666. The van der Waals surface area contributed by atoms with Gasteiger partial charge < -0.3 is 9.32 Å². The number of nitrogens with zero attached hydrogens (tertiary/aromatic N) is 1. The third-order valence-corrected chi connectivity index (χ3v) is 5.50. The summed E-state index contributed by atoms with van der Waals surface area (Å²) in [6, 6.07) is 31.1. The number of fused-ring (bicyclic) bond motifs is 3. The monoisotopic (exact) mass is 383 g/mol. The van der Waals surface area contributed by atoms with Crippen LogP contribution in [0.5, 0.6) is 0 Å². The van der Waals surface area contributed by atoms with E-state index < -0.39 is 0 Å². The molecule has 0 saturated heterocycles. The van der Waals surface area contributed by atoms with Crippen LogP contribution < -0.4 is 4.90 Å². The second-order valence-electron chi connectivity index (χ2n) is 6.84. The molecule has 0 atom stereocenters. The number of rotatable bonds is 3. The molecule has 1 aromatic heterocycles. The molecule has 0 spiro atoms. The molecule has 2 nitrogen and oxygen atoms in total. The molecular formula is C25H18ClNO. The Balaban J connectivity index is 1.75. The van der Waals surface area contributed by atoms with Gasteiger partial charge in [-0.05, 0) is 61.5 Å². The van der Waals surface area contributed by atoms with Gasteiger partial charge in [-0.25, -0.2) is 0 Å². The van der Waals surface area contributed by atoms with Gasteiger partial charge >= 0.3 is 0 Å². The molecule has 0 aliphatic rings. The SMILES string of the molecule is Cc1c(Cl)ccc2c1oc1ccc(N(c3ccccc3)c3ccccc3)cc12. The van der Waals surface area contributed by atoms with Crippen LogP contribution >= 0.6 is 11.6 Å². The van der Waals surface area contributed by atoms with Crippen molar-refractivity contribution in [2.75, 3.05) is 4.90 Å². The van der Waals surface area contributed by atoms with Gasteiger partial charge in [-0.2, -0.15) is 0 Å². The average molecular weight is 384 g/mol. The second-order valence-corrected chi connectivity index (χ2v) is 7.25. The number of hydrogen-bond donors (Lipinski definition) is 0. The summed E-state index contributed by atoms with van der Waals surface area (Å²) in [5.41, 5.74) is 6.00. The minimum atomic E-state index is 0.724. The maximum absolute atomic E-state index is 6.29. The highest BCUT2D eigenvalue weighted by molar-refractivity contribution is 6.32. The van der Waals surface area contributed by atoms with Crippen molar-refractivity contribution < 1.29 is 4.42 Å². The van der Waals surface area contributed by atoms with E-state index in [-0.39, 0.29) is 0 Å². The van der Waals surface area contributed by atoms with Gasteiger partial charge in [0.15, 0.2) is 0 Å². The zero-order chi connectivity index (χ0) is 19.1. The molecule has 0 radical (unpaired) electrons. The van der Waals surface area contributed by atoms with E-state index in [1.807, 2.05) is 37.3 Å². The van der Waals surface area contributed by atoms with Crippen molar-refractivity contribution in [1.29, 1.82) is 0 Å². The molecule has 0 fully saturated rings. The van der Waals surface area contributed by atoms with Crippen molar-refractivity contribution >= 4 is 50.6 Å². The van der Waals surface area contributed by atoms with Gasteiger partial charge in [-0.3, -0.25) is 0 Å². The molecule has 4 aromatic carbocycles. The smallest absolute Gasteiger partial charge is 0.139 e. The van der Waals surface area contributed by atoms with Crippen LogP contribution in [0.4, 0.5) is 17.1 Å². The number of hydrogen-bond acceptors (Lipinski definition) is 2. The average Bonchev–Trinajstić information content (AvgIpc) is 3.11. The molecule has 1 heterocycles. The fraction of sp³-hybridized carbons (Fsp3) is 0.0400. The van der Waals surface area contributed by atoms with Gasteiger partial charge in [0.2, 0.25) is 0 Å². The van der Waals surface area contributed by atoms with Gasteiger partial charge in [0.1, 0.15) is 11.2 Å². The maximum atomic E-state index is 6.29. The highest BCUT2D eigenvalue weighted by Crippen LogP contribution is 2.39. The van der Waals surface area contributed by atoms with E-state index in [9.17, 15) is 0 Å². The standard InChI is InChI=1S/C25H18ClNO/c1-17-23(26)14-13-21-22-16-20(12-15-24(22)28-25(17)21)27(18-8-4-2-5-9-18)19-10-6-3-7-11-19/h2-16H,1H3. The lowest BCUT2D eigenvalue weighted by Crippen LogP contribution is -2.09. The number of benzene rings is 4. The minimum absolute atomic E-state index is 0.724. The predicted molar refractivity (Wildman–Crippen MR) is 118 cm³/mol. The van der Waals surface area contributed by atoms with Crippen molar-refractivity contribution in [2.45, 2.75) is 6.92 Å². The van der Waals surface area contributed by atoms with Crippen LogP contribution in [-0.4, -0.2) is 0 Å². The number of furan rings is 1. The van der Waals surface area contributed by atoms with Crippen LogP contribution in [0.25, 0.3) is 21.9 Å². The number of para-hydroxylation sites is 2. The van der Waals surface area contributed by atoms with Gasteiger partial charge in [-0.1, -0.05) is 48.0 Å². The summed E-state index contributed by atoms with van der Waals surface area (Å²) in [7, 11) is 0. The first-order valence-electron chi connectivity index (χ1n) is 9.24. The van der Waals surface area contributed by atoms with Crippen LogP contribution in [0.1, 0.15) is 5.56 Å². The predicted octanol–water partition coefficient (Wildman–Crippen LogP) is 8.02. The molecule has 0 saturated carbocycles. The first-order chi connectivity index (χ1) is 13.7. The summed E-state index contributed by atoms with van der Waals surface area (Å²) in [5, 5.41) is 2.89. The first-order valence-corrected chi connectivity index (χ1v) is 9.62. The highest BCUT2D eigenvalue weighted by Gasteiger charge is 2.16. The summed E-state index contributed by atoms with van der Waals surface area (Å²) < 4.78 is 6.11. The number of halogens is 1. The van der Waals surface area contributed by atoms with E-state index in [1.165, 1.54) is 0 Å². The van der Waals surface area contributed by atoms with E-state index in [1.54, 1.807) is 0 Å². The van der Waals surface area contributed by atoms with E-state index in [2.05, 4.69) is 65.6 Å². The second kappa shape index (κ2) is 6.74. The molecule has 5 rings (SSSR count). The Hall–Kier alpha value is -3.23. The molecule has 136 valence electrons. The van der Waals surface area contributed by atoms with Crippen LogP contribution in [-0.2, 0) is 0 Å². The lowest BCUT2D eigenvalue weighted by Gasteiger charge is -2.25. The summed E-state index contributed by atoms with van der Waals surface area (Å²) >= 11 is 6.29. The third-order valence-electron chi connectivity index (χ3n) is 5.09. The van der Waals surface area contributed by atoms with Crippen molar-refractivity contribution in [2.24, 2.45) is 0 Å². The summed E-state index contributed by atoms with van der Waals surface area (Å²) in [4.78, 5) is 2.25. The lowest BCUT2D eigenvalue weighted by atomic mass is 10.1. The Bertz CT molecular complexity index is 1240. The zero-order valence-electron chi connectivity index (χ0n) is 15.4. The van der Waals surface area contributed by atoms with Crippen LogP contribution in [0.3, 0.4) is 0 Å². The molecule has 28 heavy (non-hydrogen) atoms. The van der Waals surface area contributed by atoms with Crippen LogP contribution in [0.15, 0.2) is 95.4 Å². The Labute approximate surface area is 168 Å². The van der Waals surface area contributed by atoms with Crippen LogP contribution in [0.2, 0.25) is 5.02 Å². The molecule has 0 unspecified atom stereocenters. The minimum Gasteiger partial charge on any atom is -0.456 e. The molecule has 0 bridgehead atoms. The van der Waals surface area contributed by atoms with Gasteiger partial charge in [0.05, 0.1) is 0 Å². The molecular weight excluding hydrogens is 366 g/mol. The van der Waals surface area contributed by atoms with Gasteiger partial charge in [0, 0.05) is 38.4 Å². The molecule has 0 aliphatic carbocycles. The van der Waals surface area contributed by atoms with Crippen molar-refractivity contribution in [3.63, 3.8) is 0 Å². The molecule has 0 aliphatic heterocycles. The van der Waals surface area contributed by atoms with Crippen molar-refractivity contribution in [3.8, 4) is 0 Å². The fourth-order valence-electron chi connectivity index (χ4n) is 3.68. The molecule has 0 N–H and O–H groups in total. The topological polar surface area (TPSA) is 16.4 Å². The van der Waals surface area contributed by atoms with Gasteiger partial charge in [-0.15, -0.1) is 0 Å². The van der Waals surface area contributed by atoms with Crippen LogP contribution in [0, 0.1) is 6.92 Å². The maximum Gasteiger partial charge on any atom is 0.139 e. The Morgan fingerprint density at radius 3 is 1.96 bits per heavy atom. The fourth-order valence-corrected chi connectivity index (χ4v) is 3.83. The zero-order valence-corrected chi connectivity index (χ0v) is 16.1. The summed E-state index contributed by atoms with van der Waals surface area (Å²) in [5.74, 6) is 0. The summed E-state index contributed by atoms with van der Waals surface area (Å²) in [6.45, 7) is 1.99. The Kier molecular flexibility index (Phi) is 4.07. The van der Waals surface area contributed by atoms with Gasteiger partial charge in [0.25, 0.3) is 0 Å². The van der Waals surface area contributed by atoms with E-state index in [4.69, 9.17) is 16.0 Å². The molecule has 0 amide bonds. The van der Waals surface area contributed by atoms with Crippen molar-refractivity contribution in [3.05, 3.63) is 102 Å². The van der Waals surface area contributed by atoms with E-state index >= 15 is 0 Å². The first kappa shape index (κ1) is 16.9. The summed E-state index contributed by atoms with van der Waals surface area (Å²) in [6.07, 6.45) is 0.